The van der Waals surface area contributed by atoms with Gasteiger partial charge in [0.1, 0.15) is 11.4 Å². The molecule has 4 rings (SSSR count). The van der Waals surface area contributed by atoms with E-state index >= 15 is 0 Å². The van der Waals surface area contributed by atoms with Crippen molar-refractivity contribution in [2.45, 2.75) is 32.4 Å². The lowest BCUT2D eigenvalue weighted by molar-refractivity contribution is 0.0667. The summed E-state index contributed by atoms with van der Waals surface area (Å²) >= 11 is 0. The minimum Gasteiger partial charge on any atom is -0.503 e. The van der Waals surface area contributed by atoms with Crippen LogP contribution in [0.2, 0.25) is 0 Å². The molecule has 1 aromatic carbocycles. The number of nitrogens with zero attached hydrogens (tertiary/aromatic N) is 3. The van der Waals surface area contributed by atoms with Crippen molar-refractivity contribution in [3.05, 3.63) is 63.3 Å². The molecule has 2 aromatic rings. The number of hydrogen-bond donors (Lipinski definition) is 2. The van der Waals surface area contributed by atoms with Gasteiger partial charge in [-0.15, -0.1) is 0 Å². The van der Waals surface area contributed by atoms with Gasteiger partial charge in [-0.25, -0.2) is 4.39 Å². The minimum atomic E-state index is -0.876. The number of rotatable bonds is 6. The molecule has 9 heteroatoms. The molecule has 0 radical (unpaired) electrons. The van der Waals surface area contributed by atoms with Crippen molar-refractivity contribution < 1.29 is 19.1 Å². The minimum absolute atomic E-state index is 0.0741. The second kappa shape index (κ2) is 9.52. The van der Waals surface area contributed by atoms with Gasteiger partial charge >= 0.3 is 0 Å². The summed E-state index contributed by atoms with van der Waals surface area (Å²) in [5.41, 5.74) is -0.515. The zero-order valence-electron chi connectivity index (χ0n) is 17.8. The molecule has 8 nitrogen and oxygen atoms in total. The number of halogens is 1. The fourth-order valence-electron chi connectivity index (χ4n) is 4.23. The number of piperidine rings is 1. The number of amides is 2. The summed E-state index contributed by atoms with van der Waals surface area (Å²) in [5.74, 6) is -2.15. The van der Waals surface area contributed by atoms with Crippen molar-refractivity contribution in [2.75, 3.05) is 32.7 Å². The van der Waals surface area contributed by atoms with Gasteiger partial charge in [0.15, 0.2) is 11.4 Å². The molecule has 0 saturated carbocycles. The van der Waals surface area contributed by atoms with E-state index in [4.69, 9.17) is 0 Å². The Kier molecular flexibility index (Phi) is 6.55. The van der Waals surface area contributed by atoms with Crippen molar-refractivity contribution in [3.63, 3.8) is 0 Å². The lowest BCUT2D eigenvalue weighted by Crippen LogP contribution is -2.46. The van der Waals surface area contributed by atoms with Crippen LogP contribution < -0.4 is 10.7 Å². The Balaban J connectivity index is 1.46. The summed E-state index contributed by atoms with van der Waals surface area (Å²) in [6, 6.07) is 5.63. The Bertz CT molecular complexity index is 1060. The highest BCUT2D eigenvalue weighted by Gasteiger charge is 2.31. The van der Waals surface area contributed by atoms with Gasteiger partial charge < -0.3 is 24.8 Å². The number of likely N-dealkylation sites (tertiary alicyclic amines) is 1. The molecule has 0 aliphatic carbocycles. The van der Waals surface area contributed by atoms with Gasteiger partial charge in [-0.1, -0.05) is 18.6 Å². The van der Waals surface area contributed by atoms with Gasteiger partial charge in [-0.05, 0) is 43.6 Å². The third-order valence-corrected chi connectivity index (χ3v) is 6.10. The van der Waals surface area contributed by atoms with E-state index in [9.17, 15) is 23.9 Å². The summed E-state index contributed by atoms with van der Waals surface area (Å²) in [6.45, 7) is 4.28. The van der Waals surface area contributed by atoms with Gasteiger partial charge in [-0.3, -0.25) is 14.4 Å². The van der Waals surface area contributed by atoms with Crippen molar-refractivity contribution >= 4 is 11.8 Å². The van der Waals surface area contributed by atoms with Crippen LogP contribution in [-0.4, -0.2) is 64.0 Å². The molecule has 2 N–H and O–H groups in total. The highest BCUT2D eigenvalue weighted by Crippen LogP contribution is 2.20. The standard InChI is InChI=1S/C23H27FN4O4/c24-17-6-4-16(5-7-17)14-25-22(31)18-15-28-13-12-27(11-10-26-8-2-1-3-9-26)23(32)19(28)21(30)20(18)29/h4-7,15,30H,1-3,8-14H2,(H,25,31). The van der Waals surface area contributed by atoms with Crippen LogP contribution in [0.4, 0.5) is 4.39 Å². The summed E-state index contributed by atoms with van der Waals surface area (Å²) in [7, 11) is 0. The first-order valence-electron chi connectivity index (χ1n) is 10.9. The molecule has 0 atom stereocenters. The molecular formula is C23H27FN4O4. The van der Waals surface area contributed by atoms with E-state index < -0.39 is 23.0 Å². The predicted octanol–water partition coefficient (Wildman–Crippen LogP) is 1.56. The zero-order valence-corrected chi connectivity index (χ0v) is 17.8. The van der Waals surface area contributed by atoms with E-state index in [1.807, 2.05) is 0 Å². The van der Waals surface area contributed by atoms with Crippen LogP contribution in [0.5, 0.6) is 5.75 Å². The number of fused-ring (bicyclic) bond motifs is 1. The van der Waals surface area contributed by atoms with Crippen molar-refractivity contribution in [1.82, 2.24) is 19.7 Å². The summed E-state index contributed by atoms with van der Waals surface area (Å²) in [5, 5.41) is 13.1. The number of carbonyl (C=O) groups excluding carboxylic acids is 2. The average molecular weight is 442 g/mol. The summed E-state index contributed by atoms with van der Waals surface area (Å²) in [6.07, 6.45) is 4.90. The maximum absolute atomic E-state index is 13.0. The van der Waals surface area contributed by atoms with Crippen molar-refractivity contribution in [3.8, 4) is 5.75 Å². The molecule has 0 unspecified atom stereocenters. The fourth-order valence-corrected chi connectivity index (χ4v) is 4.23. The number of benzene rings is 1. The Hall–Kier alpha value is -3.20. The number of pyridine rings is 1. The molecular weight excluding hydrogens is 415 g/mol. The first-order chi connectivity index (χ1) is 15.4. The van der Waals surface area contributed by atoms with Crippen LogP contribution >= 0.6 is 0 Å². The van der Waals surface area contributed by atoms with Gasteiger partial charge in [0.2, 0.25) is 5.43 Å². The van der Waals surface area contributed by atoms with Crippen LogP contribution in [0.15, 0.2) is 35.3 Å². The third-order valence-electron chi connectivity index (χ3n) is 6.10. The number of nitrogens with one attached hydrogen (secondary N) is 1. The lowest BCUT2D eigenvalue weighted by atomic mass is 10.1. The van der Waals surface area contributed by atoms with Gasteiger partial charge in [-0.2, -0.15) is 0 Å². The normalized spacial score (nSPS) is 16.7. The monoisotopic (exact) mass is 442 g/mol. The maximum atomic E-state index is 13.0. The number of hydrogen-bond acceptors (Lipinski definition) is 5. The Morgan fingerprint density at radius 1 is 1.00 bits per heavy atom. The van der Waals surface area contributed by atoms with Crippen LogP contribution in [0.3, 0.4) is 0 Å². The highest BCUT2D eigenvalue weighted by atomic mass is 19.1. The second-order valence-electron chi connectivity index (χ2n) is 8.27. The summed E-state index contributed by atoms with van der Waals surface area (Å²) < 4.78 is 14.5. The zero-order chi connectivity index (χ0) is 22.7. The number of aromatic hydroxyl groups is 1. The lowest BCUT2D eigenvalue weighted by Gasteiger charge is -2.33. The van der Waals surface area contributed by atoms with Gasteiger partial charge in [0, 0.05) is 38.9 Å². The van der Waals surface area contributed by atoms with E-state index in [1.54, 1.807) is 4.90 Å². The Morgan fingerprint density at radius 3 is 2.44 bits per heavy atom. The van der Waals surface area contributed by atoms with E-state index in [0.717, 1.165) is 19.6 Å². The summed E-state index contributed by atoms with van der Waals surface area (Å²) in [4.78, 5) is 42.1. The average Bonchev–Trinajstić information content (AvgIpc) is 2.81. The van der Waals surface area contributed by atoms with E-state index in [0.29, 0.717) is 25.2 Å². The topological polar surface area (TPSA) is 94.9 Å². The quantitative estimate of drug-likeness (QED) is 0.708. The van der Waals surface area contributed by atoms with Crippen molar-refractivity contribution in [2.24, 2.45) is 0 Å². The molecule has 1 saturated heterocycles. The molecule has 3 heterocycles. The highest BCUT2D eigenvalue weighted by molar-refractivity contribution is 5.99. The first-order valence-corrected chi connectivity index (χ1v) is 10.9. The van der Waals surface area contributed by atoms with E-state index in [1.165, 1.54) is 54.3 Å². The van der Waals surface area contributed by atoms with E-state index in [-0.39, 0.29) is 23.6 Å². The van der Waals surface area contributed by atoms with Gasteiger partial charge in [0.05, 0.1) is 0 Å². The molecule has 2 aliphatic heterocycles. The fraction of sp³-hybridized carbons (Fsp3) is 0.435. The number of carbonyl (C=O) groups is 2. The molecule has 0 spiro atoms. The molecule has 0 bridgehead atoms. The largest absolute Gasteiger partial charge is 0.503 e. The molecule has 1 fully saturated rings. The number of aromatic nitrogens is 1. The second-order valence-corrected chi connectivity index (χ2v) is 8.27. The van der Waals surface area contributed by atoms with Gasteiger partial charge in [0.25, 0.3) is 11.8 Å². The van der Waals surface area contributed by atoms with Crippen LogP contribution in [0, 0.1) is 5.82 Å². The first kappa shape index (κ1) is 22.0. The predicted molar refractivity (Wildman–Crippen MR) is 116 cm³/mol. The smallest absolute Gasteiger partial charge is 0.274 e. The molecule has 2 aliphatic rings. The van der Waals surface area contributed by atoms with Crippen LogP contribution in [0.25, 0.3) is 0 Å². The van der Waals surface area contributed by atoms with E-state index in [2.05, 4.69) is 10.2 Å². The van der Waals surface area contributed by atoms with Crippen LogP contribution in [0.1, 0.15) is 45.7 Å². The Morgan fingerprint density at radius 2 is 1.72 bits per heavy atom. The van der Waals surface area contributed by atoms with Crippen molar-refractivity contribution in [1.29, 1.82) is 0 Å². The SMILES string of the molecule is O=C(NCc1ccc(F)cc1)c1cn2c(c(O)c1=O)C(=O)N(CCN1CCCCC1)CC2. The molecule has 1 aromatic heterocycles. The molecule has 2 amide bonds. The Labute approximate surface area is 185 Å². The molecule has 170 valence electrons. The maximum Gasteiger partial charge on any atom is 0.274 e. The third kappa shape index (κ3) is 4.67. The molecule has 32 heavy (non-hydrogen) atoms. The van der Waals surface area contributed by atoms with Crippen LogP contribution in [-0.2, 0) is 13.1 Å².